The molecule has 0 unspecified atom stereocenters. The minimum Gasteiger partial charge on any atom is -0.239 e. The molecule has 14 heavy (non-hydrogen) atoms. The molecular weight excluding hydrogens is 261 g/mol. The van der Waals surface area contributed by atoms with Crippen LogP contribution >= 0.6 is 15.9 Å². The first kappa shape index (κ1) is 9.51. The minimum absolute atomic E-state index is 0.417. The third kappa shape index (κ3) is 1.61. The summed E-state index contributed by atoms with van der Waals surface area (Å²) in [4.78, 5) is 0. The molecular formula is C8H4BrF3N2. The number of pyridine rings is 1. The molecule has 2 rings (SSSR count). The summed E-state index contributed by atoms with van der Waals surface area (Å²) >= 11 is 3.15. The van der Waals surface area contributed by atoms with Gasteiger partial charge in [-0.25, -0.2) is 4.52 Å². The number of hydrogen-bond acceptors (Lipinski definition) is 1. The van der Waals surface area contributed by atoms with E-state index in [1.165, 1.54) is 10.7 Å². The first-order valence-corrected chi connectivity index (χ1v) is 4.48. The SMILES string of the molecule is FC(F)(F)c1cc2ccc(Br)cn2n1. The van der Waals surface area contributed by atoms with Crippen LogP contribution < -0.4 is 0 Å². The molecule has 0 fully saturated rings. The number of fused-ring (bicyclic) bond motifs is 1. The van der Waals surface area contributed by atoms with Crippen LogP contribution in [-0.4, -0.2) is 9.61 Å². The second-order valence-corrected chi connectivity index (χ2v) is 3.66. The predicted octanol–water partition coefficient (Wildman–Crippen LogP) is 3.12. The summed E-state index contributed by atoms with van der Waals surface area (Å²) in [6.07, 6.45) is -2.91. The van der Waals surface area contributed by atoms with Gasteiger partial charge in [-0.3, -0.25) is 0 Å². The van der Waals surface area contributed by atoms with Crippen molar-refractivity contribution in [1.29, 1.82) is 0 Å². The number of aromatic nitrogens is 2. The highest BCUT2D eigenvalue weighted by Gasteiger charge is 2.33. The van der Waals surface area contributed by atoms with E-state index in [2.05, 4.69) is 21.0 Å². The molecule has 2 nitrogen and oxygen atoms in total. The maximum Gasteiger partial charge on any atom is 0.435 e. The van der Waals surface area contributed by atoms with Crippen molar-refractivity contribution in [3.05, 3.63) is 34.6 Å². The molecule has 0 saturated carbocycles. The van der Waals surface area contributed by atoms with Gasteiger partial charge in [-0.05, 0) is 34.1 Å². The first-order valence-electron chi connectivity index (χ1n) is 3.69. The van der Waals surface area contributed by atoms with Crippen LogP contribution in [-0.2, 0) is 6.18 Å². The summed E-state index contributed by atoms with van der Waals surface area (Å²) < 4.78 is 38.6. The fourth-order valence-electron chi connectivity index (χ4n) is 1.10. The fraction of sp³-hybridized carbons (Fsp3) is 0.125. The van der Waals surface area contributed by atoms with Gasteiger partial charge in [0, 0.05) is 10.7 Å². The summed E-state index contributed by atoms with van der Waals surface area (Å²) in [5.74, 6) is 0. The number of nitrogens with zero attached hydrogens (tertiary/aromatic N) is 2. The van der Waals surface area contributed by atoms with E-state index in [1.54, 1.807) is 12.1 Å². The lowest BCUT2D eigenvalue weighted by Gasteiger charge is -1.98. The van der Waals surface area contributed by atoms with E-state index in [0.717, 1.165) is 6.07 Å². The molecule has 2 aromatic rings. The van der Waals surface area contributed by atoms with Crippen molar-refractivity contribution in [2.75, 3.05) is 0 Å². The molecule has 0 aliphatic heterocycles. The Hall–Kier alpha value is -1.04. The third-order valence-electron chi connectivity index (χ3n) is 1.71. The second kappa shape index (κ2) is 2.98. The molecule has 0 N–H and O–H groups in total. The lowest BCUT2D eigenvalue weighted by Crippen LogP contribution is -2.05. The van der Waals surface area contributed by atoms with Gasteiger partial charge in [0.1, 0.15) is 0 Å². The highest BCUT2D eigenvalue weighted by molar-refractivity contribution is 9.10. The van der Waals surface area contributed by atoms with Crippen LogP contribution in [0.5, 0.6) is 0 Å². The lowest BCUT2D eigenvalue weighted by molar-refractivity contribution is -0.141. The van der Waals surface area contributed by atoms with Gasteiger partial charge < -0.3 is 0 Å². The Morgan fingerprint density at radius 2 is 2.00 bits per heavy atom. The summed E-state index contributed by atoms with van der Waals surface area (Å²) in [7, 11) is 0. The molecule has 0 amide bonds. The Morgan fingerprint density at radius 3 is 2.64 bits per heavy atom. The van der Waals surface area contributed by atoms with Crippen LogP contribution in [0.1, 0.15) is 5.69 Å². The first-order chi connectivity index (χ1) is 6.47. The van der Waals surface area contributed by atoms with Crippen molar-refractivity contribution in [2.45, 2.75) is 6.18 Å². The average Bonchev–Trinajstić information content (AvgIpc) is 2.45. The fourth-order valence-corrected chi connectivity index (χ4v) is 1.43. The number of rotatable bonds is 0. The van der Waals surface area contributed by atoms with Crippen LogP contribution in [0.2, 0.25) is 0 Å². The van der Waals surface area contributed by atoms with Gasteiger partial charge in [-0.1, -0.05) is 0 Å². The Bertz CT molecular complexity index is 475. The molecule has 2 heterocycles. The largest absolute Gasteiger partial charge is 0.435 e. The Morgan fingerprint density at radius 1 is 1.29 bits per heavy atom. The van der Waals surface area contributed by atoms with Gasteiger partial charge in [0.05, 0.1) is 5.52 Å². The van der Waals surface area contributed by atoms with E-state index in [1.807, 2.05) is 0 Å². The van der Waals surface area contributed by atoms with Crippen molar-refractivity contribution in [1.82, 2.24) is 9.61 Å². The van der Waals surface area contributed by atoms with Gasteiger partial charge in [0.2, 0.25) is 0 Å². The molecule has 0 spiro atoms. The topological polar surface area (TPSA) is 17.3 Å². The molecule has 0 aliphatic carbocycles. The van der Waals surface area contributed by atoms with Crippen molar-refractivity contribution >= 4 is 21.4 Å². The average molecular weight is 265 g/mol. The standard InChI is InChI=1S/C8H4BrF3N2/c9-5-1-2-6-3-7(8(10,11)12)13-14(6)4-5/h1-4H. The van der Waals surface area contributed by atoms with E-state index < -0.39 is 11.9 Å². The Balaban J connectivity index is 2.63. The van der Waals surface area contributed by atoms with Crippen LogP contribution in [0.4, 0.5) is 13.2 Å². The number of alkyl halides is 3. The molecule has 0 atom stereocenters. The number of hydrogen-bond donors (Lipinski definition) is 0. The predicted molar refractivity (Wildman–Crippen MR) is 47.9 cm³/mol. The van der Waals surface area contributed by atoms with Gasteiger partial charge in [-0.15, -0.1) is 0 Å². The van der Waals surface area contributed by atoms with Gasteiger partial charge in [0.15, 0.2) is 5.69 Å². The van der Waals surface area contributed by atoms with Crippen LogP contribution in [0.15, 0.2) is 28.9 Å². The molecule has 74 valence electrons. The van der Waals surface area contributed by atoms with E-state index in [4.69, 9.17) is 0 Å². The van der Waals surface area contributed by atoms with Crippen LogP contribution in [0, 0.1) is 0 Å². The highest BCUT2D eigenvalue weighted by Crippen LogP contribution is 2.28. The molecule has 6 heteroatoms. The van der Waals surface area contributed by atoms with Gasteiger partial charge >= 0.3 is 6.18 Å². The lowest BCUT2D eigenvalue weighted by atomic mass is 10.3. The summed E-state index contributed by atoms with van der Waals surface area (Å²) in [5.41, 5.74) is -0.462. The number of halogens is 4. The zero-order valence-electron chi connectivity index (χ0n) is 6.72. The summed E-state index contributed by atoms with van der Waals surface area (Å²) in [5, 5.41) is 3.41. The molecule has 0 aromatic carbocycles. The quantitative estimate of drug-likeness (QED) is 0.715. The highest BCUT2D eigenvalue weighted by atomic mass is 79.9. The maximum absolute atomic E-state index is 12.2. The van der Waals surface area contributed by atoms with Crippen molar-refractivity contribution in [3.8, 4) is 0 Å². The zero-order valence-corrected chi connectivity index (χ0v) is 8.30. The summed E-state index contributed by atoms with van der Waals surface area (Å²) in [6.45, 7) is 0. The van der Waals surface area contributed by atoms with E-state index >= 15 is 0 Å². The minimum atomic E-state index is -4.39. The third-order valence-corrected chi connectivity index (χ3v) is 2.18. The molecule has 0 bridgehead atoms. The van der Waals surface area contributed by atoms with Crippen LogP contribution in [0.3, 0.4) is 0 Å². The van der Waals surface area contributed by atoms with E-state index in [9.17, 15) is 13.2 Å². The molecule has 2 aromatic heterocycles. The van der Waals surface area contributed by atoms with Crippen molar-refractivity contribution in [3.63, 3.8) is 0 Å². The van der Waals surface area contributed by atoms with Gasteiger partial charge in [0.25, 0.3) is 0 Å². The molecule has 0 radical (unpaired) electrons. The smallest absolute Gasteiger partial charge is 0.239 e. The van der Waals surface area contributed by atoms with Crippen molar-refractivity contribution < 1.29 is 13.2 Å². The summed E-state index contributed by atoms with van der Waals surface area (Å²) in [6, 6.07) is 4.23. The maximum atomic E-state index is 12.2. The second-order valence-electron chi connectivity index (χ2n) is 2.74. The normalized spacial score (nSPS) is 12.3. The zero-order chi connectivity index (χ0) is 10.3. The van der Waals surface area contributed by atoms with E-state index in [-0.39, 0.29) is 0 Å². The Kier molecular flexibility index (Phi) is 2.02. The monoisotopic (exact) mass is 264 g/mol. The Labute approximate surface area is 85.5 Å². The van der Waals surface area contributed by atoms with E-state index in [0.29, 0.717) is 9.99 Å². The van der Waals surface area contributed by atoms with Crippen LogP contribution in [0.25, 0.3) is 5.52 Å². The molecule has 0 saturated heterocycles. The van der Waals surface area contributed by atoms with Gasteiger partial charge in [-0.2, -0.15) is 18.3 Å². The van der Waals surface area contributed by atoms with Crippen molar-refractivity contribution in [2.24, 2.45) is 0 Å². The molecule has 0 aliphatic rings.